The highest BCUT2D eigenvalue weighted by molar-refractivity contribution is 8.04. The van der Waals surface area contributed by atoms with Crippen molar-refractivity contribution in [2.45, 2.75) is 44.8 Å². The van der Waals surface area contributed by atoms with Gasteiger partial charge in [0, 0.05) is 5.92 Å². The van der Waals surface area contributed by atoms with Gasteiger partial charge in [0.05, 0.1) is 7.11 Å². The average Bonchev–Trinajstić information content (AvgIpc) is 2.67. The van der Waals surface area contributed by atoms with E-state index < -0.39 is 32.9 Å². The summed E-state index contributed by atoms with van der Waals surface area (Å²) in [6.07, 6.45) is 4.39. The molecule has 0 heterocycles. The molecule has 0 aliphatic rings. The lowest BCUT2D eigenvalue weighted by Gasteiger charge is -2.33. The van der Waals surface area contributed by atoms with Gasteiger partial charge in [-0.05, 0) is 38.7 Å². The van der Waals surface area contributed by atoms with Crippen molar-refractivity contribution in [2.24, 2.45) is 5.92 Å². The molecule has 0 radical (unpaired) electrons. The smallest absolute Gasteiger partial charge is 0.440 e. The van der Waals surface area contributed by atoms with Crippen molar-refractivity contribution in [1.29, 1.82) is 0 Å². The molecule has 1 N–H and O–H groups in total. The molecule has 0 saturated carbocycles. The first-order valence-electron chi connectivity index (χ1n) is 9.16. The maximum absolute atomic E-state index is 12.5. The number of allylic oxidation sites excluding steroid dienone is 2. The topological polar surface area (TPSA) is 98.8 Å². The molecule has 0 spiro atoms. The first kappa shape index (κ1) is 24.6. The van der Waals surface area contributed by atoms with Crippen molar-refractivity contribution in [2.75, 3.05) is 7.11 Å². The third-order valence-corrected chi connectivity index (χ3v) is 5.63. The summed E-state index contributed by atoms with van der Waals surface area (Å²) in [4.78, 5) is 24.5. The summed E-state index contributed by atoms with van der Waals surface area (Å²) < 4.78 is 37.1. The molecule has 1 aromatic rings. The number of hydrogen-bond acceptors (Lipinski definition) is 6. The van der Waals surface area contributed by atoms with E-state index in [4.69, 9.17) is 4.74 Å². The average molecular weight is 424 g/mol. The number of hydrogen-bond donors (Lipinski definition) is 1. The summed E-state index contributed by atoms with van der Waals surface area (Å²) >= 11 is 0. The van der Waals surface area contributed by atoms with Gasteiger partial charge < -0.3 is 9.47 Å². The molecular weight excluding hydrogens is 394 g/mol. The van der Waals surface area contributed by atoms with Gasteiger partial charge in [0.25, 0.3) is 0 Å². The van der Waals surface area contributed by atoms with E-state index in [-0.39, 0.29) is 12.3 Å². The second-order valence-corrected chi connectivity index (χ2v) is 8.66. The number of ether oxygens (including phenoxy) is 2. The zero-order valence-electron chi connectivity index (χ0n) is 17.1. The third kappa shape index (κ3) is 7.47. The lowest BCUT2D eigenvalue weighted by atomic mass is 9.85. The van der Waals surface area contributed by atoms with Crippen LogP contribution >= 0.6 is 0 Å². The minimum Gasteiger partial charge on any atom is -0.468 e. The largest absolute Gasteiger partial charge is 0.468 e. The molecule has 0 aromatic heterocycles. The maximum Gasteiger partial charge on any atom is 0.440 e. The Kier molecular flexibility index (Phi) is 9.26. The second kappa shape index (κ2) is 10.9. The van der Waals surface area contributed by atoms with Crippen molar-refractivity contribution >= 4 is 21.3 Å². The molecule has 8 heteroatoms. The first-order chi connectivity index (χ1) is 13.6. The van der Waals surface area contributed by atoms with Gasteiger partial charge in [-0.15, -0.1) is 13.2 Å². The Morgan fingerprint density at radius 3 is 2.17 bits per heavy atom. The predicted molar refractivity (Wildman–Crippen MR) is 112 cm³/mol. The molecular formula is C21H29NO6S. The number of rotatable bonds is 11. The van der Waals surface area contributed by atoms with E-state index in [1.165, 1.54) is 0 Å². The van der Waals surface area contributed by atoms with Crippen LogP contribution in [0.2, 0.25) is 0 Å². The van der Waals surface area contributed by atoms with Crippen LogP contribution in [0.1, 0.15) is 32.3 Å². The Labute approximate surface area is 172 Å². The van der Waals surface area contributed by atoms with Crippen molar-refractivity contribution in [3.8, 4) is 0 Å². The van der Waals surface area contributed by atoms with E-state index in [2.05, 4.69) is 22.6 Å². The molecule has 29 heavy (non-hydrogen) atoms. The summed E-state index contributed by atoms with van der Waals surface area (Å²) in [6.45, 7) is 10.6. The van der Waals surface area contributed by atoms with E-state index in [1.807, 2.05) is 0 Å². The Bertz CT molecular complexity index is 807. The van der Waals surface area contributed by atoms with Gasteiger partial charge in [0.15, 0.2) is 0 Å². The molecule has 1 unspecified atom stereocenters. The summed E-state index contributed by atoms with van der Waals surface area (Å²) in [7, 11) is -3.45. The number of esters is 1. The second-order valence-electron chi connectivity index (χ2n) is 7.09. The molecule has 1 aromatic carbocycles. The number of methoxy groups -OCH3 is 1. The molecule has 0 aliphatic carbocycles. The first-order valence-corrected chi connectivity index (χ1v) is 10.6. The van der Waals surface area contributed by atoms with Crippen LogP contribution in [-0.2, 0) is 30.7 Å². The third-order valence-electron chi connectivity index (χ3n) is 4.52. The number of carbonyl (C=O) groups is 2. The number of nitrogens with one attached hydrogen (secondary N) is 1. The van der Waals surface area contributed by atoms with Crippen LogP contribution < -0.4 is 4.72 Å². The van der Waals surface area contributed by atoms with Crippen molar-refractivity contribution in [1.82, 2.24) is 4.72 Å². The highest BCUT2D eigenvalue weighted by atomic mass is 32.2. The van der Waals surface area contributed by atoms with Crippen molar-refractivity contribution in [3.63, 3.8) is 0 Å². The highest BCUT2D eigenvalue weighted by Gasteiger charge is 2.38. The van der Waals surface area contributed by atoms with Gasteiger partial charge in [-0.25, -0.2) is 13.2 Å². The Morgan fingerprint density at radius 1 is 1.14 bits per heavy atom. The van der Waals surface area contributed by atoms with Crippen molar-refractivity contribution in [3.05, 3.63) is 61.2 Å². The predicted octanol–water partition coefficient (Wildman–Crippen LogP) is 3.37. The lowest BCUT2D eigenvalue weighted by molar-refractivity contribution is -0.142. The van der Waals surface area contributed by atoms with Gasteiger partial charge in [0.2, 0.25) is 0 Å². The van der Waals surface area contributed by atoms with Gasteiger partial charge in [-0.3, -0.25) is 4.79 Å². The van der Waals surface area contributed by atoms with E-state index in [0.717, 1.165) is 7.11 Å². The molecule has 0 bridgehead atoms. The van der Waals surface area contributed by atoms with Crippen molar-refractivity contribution < 1.29 is 27.5 Å². The van der Waals surface area contributed by atoms with E-state index in [0.29, 0.717) is 18.4 Å². The van der Waals surface area contributed by atoms with E-state index >= 15 is 0 Å². The fourth-order valence-electron chi connectivity index (χ4n) is 2.82. The molecule has 0 amide bonds. The van der Waals surface area contributed by atoms with Crippen LogP contribution in [0.25, 0.3) is 0 Å². The van der Waals surface area contributed by atoms with Crippen LogP contribution in [-0.4, -0.2) is 38.4 Å². The van der Waals surface area contributed by atoms with Gasteiger partial charge in [0.1, 0.15) is 11.6 Å². The molecule has 1 rings (SSSR count). The quantitative estimate of drug-likeness (QED) is 0.433. The van der Waals surface area contributed by atoms with Crippen LogP contribution in [0.15, 0.2) is 55.6 Å². The number of sulfonamides is 1. The zero-order valence-corrected chi connectivity index (χ0v) is 17.9. The van der Waals surface area contributed by atoms with Crippen LogP contribution in [0.3, 0.4) is 0 Å². The highest BCUT2D eigenvalue weighted by Crippen LogP contribution is 2.29. The standard InChI is InChI=1S/C21H29NO6S/c1-6-11-17(12-7-2)21(3,4)28-20(24)29(25,26)22-18(19(23)27-5)15-16-13-9-8-10-14-16/h6-10,13-14,17-18,22H,1-2,11-12,15H2,3-5H3. The Hall–Kier alpha value is -2.45. The minimum absolute atomic E-state index is 0.0268. The summed E-state index contributed by atoms with van der Waals surface area (Å²) in [6, 6.07) is 7.52. The van der Waals surface area contributed by atoms with E-state index in [9.17, 15) is 18.0 Å². The fraction of sp³-hybridized carbons (Fsp3) is 0.429. The normalized spacial score (nSPS) is 12.8. The minimum atomic E-state index is -4.59. The maximum atomic E-state index is 12.5. The lowest BCUT2D eigenvalue weighted by Crippen LogP contribution is -2.47. The number of benzene rings is 1. The van der Waals surface area contributed by atoms with Crippen LogP contribution in [0, 0.1) is 5.92 Å². The summed E-state index contributed by atoms with van der Waals surface area (Å²) in [5, 5.41) is -1.46. The van der Waals surface area contributed by atoms with E-state index in [1.54, 1.807) is 56.3 Å². The van der Waals surface area contributed by atoms with Gasteiger partial charge in [-0.1, -0.05) is 42.5 Å². The molecule has 0 aliphatic heterocycles. The molecule has 160 valence electrons. The molecule has 7 nitrogen and oxygen atoms in total. The van der Waals surface area contributed by atoms with Crippen LogP contribution in [0.4, 0.5) is 4.79 Å². The Morgan fingerprint density at radius 2 is 1.69 bits per heavy atom. The van der Waals surface area contributed by atoms with Gasteiger partial charge in [-0.2, -0.15) is 4.72 Å². The summed E-state index contributed by atoms with van der Waals surface area (Å²) in [5.74, 6) is -1.00. The molecule has 0 fully saturated rings. The summed E-state index contributed by atoms with van der Waals surface area (Å²) in [5.41, 5.74) is -0.384. The molecule has 0 saturated heterocycles. The number of carbonyl (C=O) groups excluding carboxylic acids is 2. The van der Waals surface area contributed by atoms with Gasteiger partial charge >= 0.3 is 21.3 Å². The monoisotopic (exact) mass is 423 g/mol. The Balaban J connectivity index is 2.98. The fourth-order valence-corrected chi connectivity index (χ4v) is 3.79. The molecule has 1 atom stereocenters. The van der Waals surface area contributed by atoms with Crippen LogP contribution in [0.5, 0.6) is 0 Å². The SMILES string of the molecule is C=CCC(CC=C)C(C)(C)OC(=O)S(=O)(=O)NC(Cc1ccccc1)C(=O)OC. The zero-order chi connectivity index (χ0) is 22.1.